The van der Waals surface area contributed by atoms with Crippen LogP contribution in [-0.4, -0.2) is 134 Å². The zero-order chi connectivity index (χ0) is 53.5. The maximum Gasteiger partial charge on any atom is 0.695 e. The number of rotatable bonds is 23. The molecule has 3 aliphatic rings. The lowest BCUT2D eigenvalue weighted by molar-refractivity contribution is -0.183. The first-order chi connectivity index (χ1) is 35.1. The number of anilines is 1. The summed E-state index contributed by atoms with van der Waals surface area (Å²) in [6.07, 6.45) is -4.65. The standard InChI is InChI=1S/C44H58FN9O15P2SSi2/c1-24(2)73(60,25(3)4)69-74(26(5)6,27(7)8)68-33-30(18-55)64-42(53-17-29(45)31-38(53)48-22-50-41(31)57)34(33)67-71(72,62-16-12-15-46)63-20-44-19-61-35(36(44)66-70(58)59)43(65-44)54-23-51-32-37(47-21-49-39(32)54)52-40(56)28-13-10-9-11-14-28/h9-11,13-14,17,21-27,30,33-36,42-43,55,60H,12,16,18-20H2,1-8H3,(H2-,47,48,49,50,52,56,57,58,59)/p+1/t30-,33-,34-,35-,36+,42-,43-,44-,71?/m1/s1. The van der Waals surface area contributed by atoms with Gasteiger partial charge >= 0.3 is 32.1 Å². The molecule has 4 aromatic heterocycles. The van der Waals surface area contributed by atoms with E-state index in [1.54, 1.807) is 30.3 Å². The normalized spacial score (nSPS) is 25.2. The molecule has 0 saturated carbocycles. The molecule has 8 rings (SSSR count). The van der Waals surface area contributed by atoms with Gasteiger partial charge in [-0.05, 0) is 46.1 Å². The third-order valence-corrected chi connectivity index (χ3v) is 26.0. The molecule has 1 aromatic carbocycles. The number of aliphatic hydroxyl groups is 1. The minimum absolute atomic E-state index is 0.0901. The summed E-state index contributed by atoms with van der Waals surface area (Å²) in [5, 5.41) is 23.1. The minimum Gasteiger partial charge on any atom is -0.414 e. The number of aliphatic hydroxyl groups excluding tert-OH is 1. The summed E-state index contributed by atoms with van der Waals surface area (Å²) in [6, 6.07) is 10.5. The van der Waals surface area contributed by atoms with Gasteiger partial charge in [-0.1, -0.05) is 73.6 Å². The van der Waals surface area contributed by atoms with Gasteiger partial charge in [0.2, 0.25) is 0 Å². The van der Waals surface area contributed by atoms with Gasteiger partial charge in [-0.3, -0.25) is 18.7 Å². The molecule has 3 aliphatic heterocycles. The molecule has 400 valence electrons. The highest BCUT2D eigenvalue weighted by molar-refractivity contribution is 8.07. The molecule has 74 heavy (non-hydrogen) atoms. The fraction of sp³-hybridized carbons (Fsp3) is 0.568. The maximum absolute atomic E-state index is 15.9. The highest BCUT2D eigenvalue weighted by atomic mass is 32.5. The Morgan fingerprint density at radius 1 is 1.04 bits per heavy atom. The van der Waals surface area contributed by atoms with E-state index in [1.807, 2.05) is 61.5 Å². The van der Waals surface area contributed by atoms with Gasteiger partial charge in [0, 0.05) is 16.3 Å². The van der Waals surface area contributed by atoms with Gasteiger partial charge in [0.25, 0.3) is 11.5 Å². The van der Waals surface area contributed by atoms with Crippen molar-refractivity contribution in [3.8, 4) is 6.07 Å². The van der Waals surface area contributed by atoms with Crippen molar-refractivity contribution in [2.24, 2.45) is 0 Å². The molecule has 0 radical (unpaired) electrons. The van der Waals surface area contributed by atoms with Crippen molar-refractivity contribution in [2.45, 2.75) is 133 Å². The summed E-state index contributed by atoms with van der Waals surface area (Å²) in [5.41, 5.74) is -3.17. The van der Waals surface area contributed by atoms with Gasteiger partial charge in [-0.25, -0.2) is 24.3 Å². The second kappa shape index (κ2) is 22.4. The predicted molar refractivity (Wildman–Crippen MR) is 270 cm³/mol. The van der Waals surface area contributed by atoms with Crippen molar-refractivity contribution >= 4 is 77.8 Å². The molecule has 3 fully saturated rings. The van der Waals surface area contributed by atoms with Crippen molar-refractivity contribution in [1.29, 1.82) is 5.26 Å². The summed E-state index contributed by atoms with van der Waals surface area (Å²) < 4.78 is 90.0. The fourth-order valence-corrected chi connectivity index (χ4v) is 22.2. The number of hydrogen-bond donors (Lipinski definition) is 5. The lowest BCUT2D eigenvalue weighted by Crippen LogP contribution is -2.62. The average Bonchev–Trinajstić information content (AvgIpc) is 4.17. The monoisotopic (exact) mass is 1120 g/mol. The number of nitriles is 1. The number of amides is 1. The number of fused-ring (bicyclic) bond motifs is 4. The molecule has 30 heteroatoms. The predicted octanol–water partition coefficient (Wildman–Crippen LogP) is 6.02. The third kappa shape index (κ3) is 10.6. The molecule has 0 spiro atoms. The van der Waals surface area contributed by atoms with Crippen LogP contribution in [0.1, 0.15) is 84.6 Å². The summed E-state index contributed by atoms with van der Waals surface area (Å²) >= 11 is 6.18. The highest BCUT2D eigenvalue weighted by Crippen LogP contribution is 2.58. The number of ether oxygens (including phenoxy) is 3. The molecule has 2 bridgehead atoms. The highest BCUT2D eigenvalue weighted by Gasteiger charge is 2.67. The Morgan fingerprint density at radius 3 is 2.41 bits per heavy atom. The zero-order valence-corrected chi connectivity index (χ0v) is 46.2. The number of halogens is 1. The number of carbonyl (C=O) groups is 1. The Labute approximate surface area is 432 Å². The first-order valence-corrected chi connectivity index (χ1v) is 31.5. The van der Waals surface area contributed by atoms with Crippen LogP contribution in [0.2, 0.25) is 22.2 Å². The van der Waals surface area contributed by atoms with Gasteiger partial charge in [-0.2, -0.15) is 5.26 Å². The first kappa shape index (κ1) is 56.0. The van der Waals surface area contributed by atoms with Crippen molar-refractivity contribution in [1.82, 2.24) is 34.1 Å². The van der Waals surface area contributed by atoms with Crippen LogP contribution in [0.4, 0.5) is 10.2 Å². The van der Waals surface area contributed by atoms with E-state index in [0.29, 0.717) is 5.56 Å². The molecular weight excluding hydrogens is 1060 g/mol. The number of H-pyrrole nitrogens is 1. The van der Waals surface area contributed by atoms with Gasteiger partial charge in [0.05, 0.1) is 51.6 Å². The molecule has 5 aromatic rings. The van der Waals surface area contributed by atoms with E-state index < -0.39 is 117 Å². The summed E-state index contributed by atoms with van der Waals surface area (Å²) in [4.78, 5) is 68.4. The number of benzene rings is 1. The second-order valence-corrected chi connectivity index (χ2v) is 31.6. The number of nitrogens with one attached hydrogen (secondary N) is 2. The van der Waals surface area contributed by atoms with E-state index in [1.165, 1.54) is 21.8 Å². The lowest BCUT2D eigenvalue weighted by atomic mass is 10.0. The molecule has 3 saturated heterocycles. The summed E-state index contributed by atoms with van der Waals surface area (Å²) in [7, 11) is -10.6. The minimum atomic E-state index is -4.32. The molecule has 24 nitrogen and oxygen atoms in total. The van der Waals surface area contributed by atoms with Crippen LogP contribution in [0, 0.1) is 17.1 Å². The Hall–Kier alpha value is -4.22. The van der Waals surface area contributed by atoms with Crippen LogP contribution >= 0.6 is 15.0 Å². The third-order valence-electron chi connectivity index (χ3n) is 13.5. The maximum atomic E-state index is 15.9. The lowest BCUT2D eigenvalue weighted by Gasteiger charge is -2.47. The smallest absolute Gasteiger partial charge is 0.414 e. The molecular formula is C44H59FN9O15P2SSi2+. The SMILES string of the molecule is CC(C)[Si](O)(O[Si](O[C@H]1[C@@H](OP(=S)(OCCC#N)OC[C@@]23CO[C@@H]([C@H](n4cnc5c(NC(=O)c6ccccc6)ncnc54)O2)[C@@H]3O[P+](=O)O)[C@H](n2cc(F)c3c(=O)[nH]cnc32)O[C@@H]1CO)(C(C)C)C(C)C)C(C)C. The Bertz CT molecular complexity index is 2990. The van der Waals surface area contributed by atoms with Gasteiger partial charge in [0.1, 0.15) is 36.1 Å². The van der Waals surface area contributed by atoms with Crippen molar-refractivity contribution < 1.29 is 69.4 Å². The second-order valence-electron chi connectivity index (χ2n) is 19.3. The molecule has 0 aliphatic carbocycles. The number of hydrogen-bond acceptors (Lipinski definition) is 20. The van der Waals surface area contributed by atoms with Crippen molar-refractivity contribution in [2.75, 3.05) is 31.7 Å². The van der Waals surface area contributed by atoms with E-state index >= 15 is 4.39 Å². The van der Waals surface area contributed by atoms with Crippen molar-refractivity contribution in [3.05, 3.63) is 77.2 Å². The van der Waals surface area contributed by atoms with E-state index in [9.17, 15) is 34.2 Å². The molecule has 7 heterocycles. The Balaban J connectivity index is 1.17. The molecule has 5 N–H and O–H groups in total. The van der Waals surface area contributed by atoms with E-state index in [4.69, 9.17) is 52.7 Å². The Morgan fingerprint density at radius 2 is 1.76 bits per heavy atom. The number of nitrogens with zero attached hydrogens (tertiary/aromatic N) is 7. The van der Waals surface area contributed by atoms with Crippen LogP contribution in [-0.2, 0) is 57.2 Å². The topological polar surface area (TPSA) is 308 Å². The fourth-order valence-electron chi connectivity index (χ4n) is 9.66. The van der Waals surface area contributed by atoms with Crippen LogP contribution in [0.5, 0.6) is 0 Å². The van der Waals surface area contributed by atoms with Crippen molar-refractivity contribution in [3.63, 3.8) is 0 Å². The van der Waals surface area contributed by atoms with Gasteiger partial charge < -0.3 is 56.6 Å². The van der Waals surface area contributed by atoms with Gasteiger partial charge in [0.15, 0.2) is 52.6 Å². The van der Waals surface area contributed by atoms with Crippen LogP contribution in [0.15, 0.2) is 60.3 Å². The number of carbonyl (C=O) groups excluding carboxylic acids is 1. The average molecular weight is 1120 g/mol. The van der Waals surface area contributed by atoms with Gasteiger partial charge in [-0.15, -0.1) is 9.42 Å². The van der Waals surface area contributed by atoms with E-state index in [2.05, 4.69) is 30.2 Å². The first-order valence-electron chi connectivity index (χ1n) is 23.8. The number of aromatic nitrogens is 7. The zero-order valence-electron chi connectivity index (χ0n) is 41.6. The quantitative estimate of drug-likeness (QED) is 0.0284. The van der Waals surface area contributed by atoms with E-state index in [0.717, 1.165) is 12.5 Å². The summed E-state index contributed by atoms with van der Waals surface area (Å²) in [6.45, 7) is 8.97. The van der Waals surface area contributed by atoms with Crippen LogP contribution < -0.4 is 10.9 Å². The largest absolute Gasteiger partial charge is 0.695 e. The van der Waals surface area contributed by atoms with Crippen LogP contribution in [0.3, 0.4) is 0 Å². The van der Waals surface area contributed by atoms with E-state index in [-0.39, 0.29) is 64.4 Å². The molecule has 1 amide bonds. The summed E-state index contributed by atoms with van der Waals surface area (Å²) in [5.74, 6) is -1.31. The number of imidazole rings is 1. The number of aromatic amines is 1. The Kier molecular flexibility index (Phi) is 17.0. The molecule has 10 atom stereocenters. The molecule has 2 unspecified atom stereocenters. The van der Waals surface area contributed by atoms with Crippen LogP contribution in [0.25, 0.3) is 22.2 Å².